The molecular weight excluding hydrogens is 238 g/mol. The third kappa shape index (κ3) is 3.61. The zero-order valence-electron chi connectivity index (χ0n) is 11.3. The number of methoxy groups -OCH3 is 1. The standard InChI is InChI=1S/C15H19N3O/c1-3-11-16-14-9-6-10-15(18-14)17-12-7-4-5-8-13(12)19-2/h4-10H,3,11H2,1-2H3,(H2,16,17,18). The highest BCUT2D eigenvalue weighted by Gasteiger charge is 2.03. The van der Waals surface area contributed by atoms with Crippen molar-refractivity contribution in [1.29, 1.82) is 0 Å². The summed E-state index contributed by atoms with van der Waals surface area (Å²) in [7, 11) is 1.66. The van der Waals surface area contributed by atoms with Crippen molar-refractivity contribution in [3.63, 3.8) is 0 Å². The first-order valence-electron chi connectivity index (χ1n) is 6.44. The Balaban J connectivity index is 2.14. The first-order chi connectivity index (χ1) is 9.33. The number of aromatic nitrogens is 1. The lowest BCUT2D eigenvalue weighted by atomic mass is 10.3. The van der Waals surface area contributed by atoms with Gasteiger partial charge in [-0.3, -0.25) is 0 Å². The zero-order chi connectivity index (χ0) is 13.5. The van der Waals surface area contributed by atoms with Gasteiger partial charge in [0.25, 0.3) is 0 Å². The molecule has 1 aromatic heterocycles. The molecule has 2 aromatic rings. The molecule has 0 aliphatic carbocycles. The van der Waals surface area contributed by atoms with Crippen molar-refractivity contribution in [2.24, 2.45) is 0 Å². The number of hydrogen-bond acceptors (Lipinski definition) is 4. The van der Waals surface area contributed by atoms with E-state index < -0.39 is 0 Å². The van der Waals surface area contributed by atoms with Crippen molar-refractivity contribution in [3.8, 4) is 5.75 Å². The Bertz CT molecular complexity index is 528. The van der Waals surface area contributed by atoms with Gasteiger partial charge in [-0.1, -0.05) is 25.1 Å². The van der Waals surface area contributed by atoms with Crippen molar-refractivity contribution in [1.82, 2.24) is 4.98 Å². The summed E-state index contributed by atoms with van der Waals surface area (Å²) in [6.07, 6.45) is 1.08. The molecule has 19 heavy (non-hydrogen) atoms. The summed E-state index contributed by atoms with van der Waals surface area (Å²) in [6.45, 7) is 3.05. The second kappa shape index (κ2) is 6.64. The second-order valence-corrected chi connectivity index (χ2v) is 4.16. The molecule has 0 radical (unpaired) electrons. The molecule has 0 aliphatic heterocycles. The number of para-hydroxylation sites is 2. The number of pyridine rings is 1. The summed E-state index contributed by atoms with van der Waals surface area (Å²) < 4.78 is 5.31. The Kier molecular flexibility index (Phi) is 4.61. The van der Waals surface area contributed by atoms with E-state index in [1.807, 2.05) is 42.5 Å². The number of anilines is 3. The molecule has 0 saturated heterocycles. The maximum Gasteiger partial charge on any atom is 0.142 e. The fraction of sp³-hybridized carbons (Fsp3) is 0.267. The van der Waals surface area contributed by atoms with Gasteiger partial charge >= 0.3 is 0 Å². The van der Waals surface area contributed by atoms with Gasteiger partial charge in [0.05, 0.1) is 12.8 Å². The molecule has 1 aromatic carbocycles. The van der Waals surface area contributed by atoms with Gasteiger partial charge in [-0.05, 0) is 30.7 Å². The number of nitrogens with one attached hydrogen (secondary N) is 2. The molecule has 0 fully saturated rings. The highest BCUT2D eigenvalue weighted by atomic mass is 16.5. The minimum atomic E-state index is 0.797. The van der Waals surface area contributed by atoms with E-state index in [1.54, 1.807) is 7.11 Å². The lowest BCUT2D eigenvalue weighted by molar-refractivity contribution is 0.417. The van der Waals surface area contributed by atoms with Crippen LogP contribution in [0, 0.1) is 0 Å². The molecule has 1 heterocycles. The van der Waals surface area contributed by atoms with Crippen molar-refractivity contribution >= 4 is 17.3 Å². The molecular formula is C15H19N3O. The minimum Gasteiger partial charge on any atom is -0.495 e. The molecule has 0 saturated carbocycles. The summed E-state index contributed by atoms with van der Waals surface area (Å²) >= 11 is 0. The van der Waals surface area contributed by atoms with Crippen molar-refractivity contribution < 1.29 is 4.74 Å². The van der Waals surface area contributed by atoms with E-state index in [1.165, 1.54) is 0 Å². The lowest BCUT2D eigenvalue weighted by Crippen LogP contribution is -2.03. The number of rotatable bonds is 6. The maximum absolute atomic E-state index is 5.31. The molecule has 0 atom stereocenters. The minimum absolute atomic E-state index is 0.797. The van der Waals surface area contributed by atoms with Gasteiger partial charge in [0.1, 0.15) is 17.4 Å². The maximum atomic E-state index is 5.31. The zero-order valence-corrected chi connectivity index (χ0v) is 11.3. The Hall–Kier alpha value is -2.23. The van der Waals surface area contributed by atoms with Crippen LogP contribution < -0.4 is 15.4 Å². The lowest BCUT2D eigenvalue weighted by Gasteiger charge is -2.11. The first kappa shape index (κ1) is 13.2. The topological polar surface area (TPSA) is 46.2 Å². The van der Waals surface area contributed by atoms with Crippen LogP contribution in [-0.2, 0) is 0 Å². The highest BCUT2D eigenvalue weighted by molar-refractivity contribution is 5.64. The average Bonchev–Trinajstić information content (AvgIpc) is 2.46. The SMILES string of the molecule is CCCNc1cccc(Nc2ccccc2OC)n1. The molecule has 0 amide bonds. The van der Waals surface area contributed by atoms with E-state index >= 15 is 0 Å². The Morgan fingerprint density at radius 1 is 1.05 bits per heavy atom. The van der Waals surface area contributed by atoms with Crippen LogP contribution in [0.1, 0.15) is 13.3 Å². The van der Waals surface area contributed by atoms with Crippen LogP contribution in [0.5, 0.6) is 5.75 Å². The van der Waals surface area contributed by atoms with E-state index in [4.69, 9.17) is 4.74 Å². The van der Waals surface area contributed by atoms with Gasteiger partial charge in [-0.15, -0.1) is 0 Å². The summed E-state index contributed by atoms with van der Waals surface area (Å²) in [5.41, 5.74) is 0.908. The highest BCUT2D eigenvalue weighted by Crippen LogP contribution is 2.26. The van der Waals surface area contributed by atoms with Crippen LogP contribution in [0.4, 0.5) is 17.3 Å². The van der Waals surface area contributed by atoms with Crippen LogP contribution in [0.25, 0.3) is 0 Å². The molecule has 0 spiro atoms. The fourth-order valence-corrected chi connectivity index (χ4v) is 1.74. The molecule has 0 unspecified atom stereocenters. The van der Waals surface area contributed by atoms with E-state index in [0.29, 0.717) is 0 Å². The predicted octanol–water partition coefficient (Wildman–Crippen LogP) is 3.66. The van der Waals surface area contributed by atoms with Crippen molar-refractivity contribution in [3.05, 3.63) is 42.5 Å². The van der Waals surface area contributed by atoms with Gasteiger partial charge in [0.2, 0.25) is 0 Å². The molecule has 0 bridgehead atoms. The average molecular weight is 257 g/mol. The Labute approximate surface area is 113 Å². The molecule has 2 N–H and O–H groups in total. The van der Waals surface area contributed by atoms with E-state index in [2.05, 4.69) is 22.5 Å². The molecule has 4 nitrogen and oxygen atoms in total. The molecule has 100 valence electrons. The number of ether oxygens (including phenoxy) is 1. The van der Waals surface area contributed by atoms with E-state index in [9.17, 15) is 0 Å². The van der Waals surface area contributed by atoms with E-state index in [0.717, 1.165) is 36.0 Å². The number of nitrogens with zero attached hydrogens (tertiary/aromatic N) is 1. The van der Waals surface area contributed by atoms with Crippen molar-refractivity contribution in [2.75, 3.05) is 24.3 Å². The van der Waals surface area contributed by atoms with Crippen LogP contribution in [0.3, 0.4) is 0 Å². The Morgan fingerprint density at radius 2 is 1.84 bits per heavy atom. The largest absolute Gasteiger partial charge is 0.495 e. The summed E-state index contributed by atoms with van der Waals surface area (Å²) in [5.74, 6) is 2.48. The van der Waals surface area contributed by atoms with Gasteiger partial charge in [-0.2, -0.15) is 0 Å². The van der Waals surface area contributed by atoms with Crippen LogP contribution in [0.15, 0.2) is 42.5 Å². The fourth-order valence-electron chi connectivity index (χ4n) is 1.74. The van der Waals surface area contributed by atoms with Crippen LogP contribution in [-0.4, -0.2) is 18.6 Å². The van der Waals surface area contributed by atoms with Crippen LogP contribution >= 0.6 is 0 Å². The third-order valence-corrected chi connectivity index (χ3v) is 2.67. The second-order valence-electron chi connectivity index (χ2n) is 4.16. The smallest absolute Gasteiger partial charge is 0.142 e. The summed E-state index contributed by atoms with van der Waals surface area (Å²) in [6, 6.07) is 13.7. The van der Waals surface area contributed by atoms with Gasteiger partial charge in [-0.25, -0.2) is 4.98 Å². The van der Waals surface area contributed by atoms with Gasteiger partial charge in [0, 0.05) is 6.54 Å². The monoisotopic (exact) mass is 257 g/mol. The van der Waals surface area contributed by atoms with Gasteiger partial charge < -0.3 is 15.4 Å². The predicted molar refractivity (Wildman–Crippen MR) is 79.3 cm³/mol. The summed E-state index contributed by atoms with van der Waals surface area (Å²) in [4.78, 5) is 4.50. The quantitative estimate of drug-likeness (QED) is 0.829. The molecule has 4 heteroatoms. The third-order valence-electron chi connectivity index (χ3n) is 2.67. The normalized spacial score (nSPS) is 10.0. The van der Waals surface area contributed by atoms with E-state index in [-0.39, 0.29) is 0 Å². The van der Waals surface area contributed by atoms with Gasteiger partial charge in [0.15, 0.2) is 0 Å². The molecule has 2 rings (SSSR count). The number of benzene rings is 1. The molecule has 0 aliphatic rings. The summed E-state index contributed by atoms with van der Waals surface area (Å²) in [5, 5.41) is 6.53. The number of hydrogen-bond donors (Lipinski definition) is 2. The Morgan fingerprint density at radius 3 is 2.63 bits per heavy atom. The van der Waals surface area contributed by atoms with Crippen molar-refractivity contribution in [2.45, 2.75) is 13.3 Å². The van der Waals surface area contributed by atoms with Crippen LogP contribution in [0.2, 0.25) is 0 Å². The first-order valence-corrected chi connectivity index (χ1v) is 6.44.